The van der Waals surface area contributed by atoms with Crippen molar-refractivity contribution in [2.75, 3.05) is 47.5 Å². The SMILES string of the molecule is CC/C=C\C/C=C\C/C=C\C/C=C\C/C=C\C/C=C\CCCCCCCCCCCCC(=O)OC(COC(=O)CCCCCCCC)COP(=O)(O)OCC[N+](C)(C)C. The van der Waals surface area contributed by atoms with E-state index in [0.29, 0.717) is 17.4 Å². The number of quaternary nitrogens is 1. The maximum Gasteiger partial charge on any atom is 0.472 e. The second kappa shape index (κ2) is 40.8. The number of ether oxygens (including phenoxy) is 2. The highest BCUT2D eigenvalue weighted by atomic mass is 31.2. The molecule has 0 amide bonds. The number of esters is 2. The van der Waals surface area contributed by atoms with Gasteiger partial charge in [0.1, 0.15) is 19.8 Å². The van der Waals surface area contributed by atoms with Crippen molar-refractivity contribution in [3.8, 4) is 0 Å². The van der Waals surface area contributed by atoms with Crippen LogP contribution in [0.2, 0.25) is 0 Å². The fourth-order valence-electron chi connectivity index (χ4n) is 5.90. The predicted molar refractivity (Wildman–Crippen MR) is 247 cm³/mol. The van der Waals surface area contributed by atoms with Crippen molar-refractivity contribution >= 4 is 19.8 Å². The van der Waals surface area contributed by atoms with Gasteiger partial charge in [0, 0.05) is 12.8 Å². The zero-order valence-corrected chi connectivity index (χ0v) is 39.1. The lowest BCUT2D eigenvalue weighted by atomic mass is 10.0. The molecule has 0 spiro atoms. The molecule has 0 rings (SSSR count). The first kappa shape index (κ1) is 56.5. The second-order valence-electron chi connectivity index (χ2n) is 16.4. The minimum absolute atomic E-state index is 0.0285. The maximum atomic E-state index is 12.7. The number of phosphoric ester groups is 1. The molecule has 0 aromatic heterocycles. The molecule has 0 fully saturated rings. The lowest BCUT2D eigenvalue weighted by molar-refractivity contribution is -0.870. The van der Waals surface area contributed by atoms with E-state index in [-0.39, 0.29) is 32.0 Å². The van der Waals surface area contributed by atoms with Gasteiger partial charge >= 0.3 is 19.8 Å². The summed E-state index contributed by atoms with van der Waals surface area (Å²) in [6.07, 6.45) is 51.3. The van der Waals surface area contributed by atoms with Crippen LogP contribution in [0.1, 0.15) is 174 Å². The number of likely N-dealkylation sites (N-methyl/N-ethyl adjacent to an activating group) is 1. The Morgan fingerprint density at radius 1 is 0.542 bits per heavy atom. The average Bonchev–Trinajstić information content (AvgIpc) is 3.19. The van der Waals surface area contributed by atoms with Gasteiger partial charge in [-0.25, -0.2) is 4.57 Å². The van der Waals surface area contributed by atoms with Crippen molar-refractivity contribution in [2.24, 2.45) is 0 Å². The van der Waals surface area contributed by atoms with Crippen molar-refractivity contribution in [3.05, 3.63) is 72.9 Å². The molecule has 0 heterocycles. The van der Waals surface area contributed by atoms with E-state index in [1.807, 2.05) is 21.1 Å². The third-order valence-corrected chi connectivity index (χ3v) is 10.5. The molecule has 2 unspecified atom stereocenters. The van der Waals surface area contributed by atoms with Crippen molar-refractivity contribution in [1.29, 1.82) is 0 Å². The summed E-state index contributed by atoms with van der Waals surface area (Å²) in [6, 6.07) is 0. The predicted octanol–water partition coefficient (Wildman–Crippen LogP) is 13.4. The highest BCUT2D eigenvalue weighted by Crippen LogP contribution is 2.43. The summed E-state index contributed by atoms with van der Waals surface area (Å²) in [6.45, 7) is 4.22. The third-order valence-electron chi connectivity index (χ3n) is 9.50. The summed E-state index contributed by atoms with van der Waals surface area (Å²) < 4.78 is 34.1. The fourth-order valence-corrected chi connectivity index (χ4v) is 6.64. The van der Waals surface area contributed by atoms with Gasteiger partial charge in [0.2, 0.25) is 0 Å². The molecule has 0 aromatic carbocycles. The molecule has 0 saturated carbocycles. The maximum absolute atomic E-state index is 12.7. The van der Waals surface area contributed by atoms with Crippen LogP contribution in [0.3, 0.4) is 0 Å². The normalized spacial score (nSPS) is 14.2. The summed E-state index contributed by atoms with van der Waals surface area (Å²) >= 11 is 0. The van der Waals surface area contributed by atoms with E-state index < -0.39 is 26.5 Å². The number of hydrogen-bond acceptors (Lipinski definition) is 7. The van der Waals surface area contributed by atoms with Gasteiger partial charge in [-0.15, -0.1) is 0 Å². The van der Waals surface area contributed by atoms with Gasteiger partial charge in [-0.2, -0.15) is 0 Å². The summed E-state index contributed by atoms with van der Waals surface area (Å²) in [5.41, 5.74) is 0. The molecule has 340 valence electrons. The van der Waals surface area contributed by atoms with Gasteiger partial charge in [-0.3, -0.25) is 18.6 Å². The van der Waals surface area contributed by atoms with E-state index in [4.69, 9.17) is 18.5 Å². The highest BCUT2D eigenvalue weighted by Gasteiger charge is 2.27. The Balaban J connectivity index is 4.09. The van der Waals surface area contributed by atoms with Gasteiger partial charge in [0.15, 0.2) is 6.10 Å². The number of carbonyl (C=O) groups excluding carboxylic acids is 2. The van der Waals surface area contributed by atoms with Crippen molar-refractivity contribution in [2.45, 2.75) is 180 Å². The van der Waals surface area contributed by atoms with Crippen LogP contribution in [0.4, 0.5) is 0 Å². The second-order valence-corrected chi connectivity index (χ2v) is 17.9. The lowest BCUT2D eigenvalue weighted by Gasteiger charge is -2.24. The topological polar surface area (TPSA) is 108 Å². The zero-order valence-electron chi connectivity index (χ0n) is 38.2. The van der Waals surface area contributed by atoms with Gasteiger partial charge in [0.25, 0.3) is 0 Å². The Kier molecular flexibility index (Phi) is 39.1. The number of unbranched alkanes of at least 4 members (excludes halogenated alkanes) is 15. The number of carbonyl (C=O) groups is 2. The summed E-state index contributed by atoms with van der Waals surface area (Å²) in [5.74, 6) is -0.817. The summed E-state index contributed by atoms with van der Waals surface area (Å²) in [7, 11) is 1.46. The van der Waals surface area contributed by atoms with Gasteiger partial charge in [-0.05, 0) is 64.2 Å². The molecule has 59 heavy (non-hydrogen) atoms. The van der Waals surface area contributed by atoms with Gasteiger partial charge in [0.05, 0.1) is 27.7 Å². The van der Waals surface area contributed by atoms with Crippen LogP contribution in [0.25, 0.3) is 0 Å². The van der Waals surface area contributed by atoms with E-state index in [9.17, 15) is 19.0 Å². The Hall–Kier alpha value is -2.55. The smallest absolute Gasteiger partial charge is 0.462 e. The molecule has 0 saturated heterocycles. The molecule has 0 bridgehead atoms. The van der Waals surface area contributed by atoms with Crippen molar-refractivity contribution in [1.82, 2.24) is 0 Å². The first-order valence-corrected chi connectivity index (χ1v) is 24.7. The minimum atomic E-state index is -4.37. The van der Waals surface area contributed by atoms with Crippen LogP contribution < -0.4 is 0 Å². The standard InChI is InChI=1S/C49H86NO8P/c1-6-8-10-12-14-15-16-17-18-19-20-21-22-23-24-25-26-27-28-29-30-31-32-33-34-35-36-38-40-42-49(52)58-47(45-55-48(51)41-39-37-13-11-9-7-2)46-57-59(53,54)56-44-43-50(3,4)5/h8,10,14-15,17-18,20-21,23-24,26-27,47H,6-7,9,11-13,16,19,22,25,28-46H2,1-5H3/p+1/b10-8-,15-14-,18-17-,21-20-,24-23-,27-26-. The molecule has 0 aliphatic rings. The first-order valence-electron chi connectivity index (χ1n) is 23.2. The van der Waals surface area contributed by atoms with E-state index in [1.165, 1.54) is 51.4 Å². The lowest BCUT2D eigenvalue weighted by Crippen LogP contribution is -2.37. The summed E-state index contributed by atoms with van der Waals surface area (Å²) in [4.78, 5) is 35.1. The zero-order chi connectivity index (χ0) is 43.6. The molecular weight excluding hydrogens is 762 g/mol. The molecular formula is C49H87NO8P+. The Morgan fingerprint density at radius 2 is 0.966 bits per heavy atom. The number of rotatable bonds is 41. The number of hydrogen-bond donors (Lipinski definition) is 1. The molecule has 1 N–H and O–H groups in total. The van der Waals surface area contributed by atoms with E-state index in [0.717, 1.165) is 89.9 Å². The van der Waals surface area contributed by atoms with Crippen LogP contribution >= 0.6 is 7.82 Å². The van der Waals surface area contributed by atoms with Gasteiger partial charge in [-0.1, -0.05) is 170 Å². The Labute approximate surface area is 361 Å². The van der Waals surface area contributed by atoms with E-state index in [2.05, 4.69) is 86.8 Å². The van der Waals surface area contributed by atoms with Crippen molar-refractivity contribution in [3.63, 3.8) is 0 Å². The van der Waals surface area contributed by atoms with Crippen molar-refractivity contribution < 1.29 is 42.1 Å². The molecule has 0 radical (unpaired) electrons. The molecule has 2 atom stereocenters. The third kappa shape index (κ3) is 44.8. The van der Waals surface area contributed by atoms with Crippen LogP contribution in [0, 0.1) is 0 Å². The molecule has 9 nitrogen and oxygen atoms in total. The highest BCUT2D eigenvalue weighted by molar-refractivity contribution is 7.47. The largest absolute Gasteiger partial charge is 0.472 e. The monoisotopic (exact) mass is 849 g/mol. The Bertz CT molecular complexity index is 1230. The molecule has 0 aliphatic heterocycles. The molecule has 10 heteroatoms. The van der Waals surface area contributed by atoms with Crippen LogP contribution in [0.5, 0.6) is 0 Å². The van der Waals surface area contributed by atoms with Gasteiger partial charge < -0.3 is 18.9 Å². The Morgan fingerprint density at radius 3 is 1.44 bits per heavy atom. The van der Waals surface area contributed by atoms with E-state index >= 15 is 0 Å². The fraction of sp³-hybridized carbons (Fsp3) is 0.714. The summed E-state index contributed by atoms with van der Waals surface area (Å²) in [5, 5.41) is 0. The average molecular weight is 849 g/mol. The van der Waals surface area contributed by atoms with Crippen LogP contribution in [-0.2, 0) is 32.7 Å². The quantitative estimate of drug-likeness (QED) is 0.0213. The number of phosphoric acid groups is 1. The molecule has 0 aliphatic carbocycles. The number of nitrogens with zero attached hydrogens (tertiary/aromatic N) is 1. The molecule has 0 aromatic rings. The minimum Gasteiger partial charge on any atom is -0.462 e. The first-order chi connectivity index (χ1) is 28.5. The van der Waals surface area contributed by atoms with Crippen LogP contribution in [-0.4, -0.2) is 74.9 Å². The number of allylic oxidation sites excluding steroid dienone is 12. The van der Waals surface area contributed by atoms with Crippen LogP contribution in [0.15, 0.2) is 72.9 Å². The van der Waals surface area contributed by atoms with E-state index in [1.54, 1.807) is 0 Å².